The lowest BCUT2D eigenvalue weighted by atomic mass is 9.67. The molecule has 1 aliphatic rings. The topological polar surface area (TPSA) is 21.7 Å². The Bertz CT molecular complexity index is 756. The van der Waals surface area contributed by atoms with Crippen LogP contribution in [0.25, 0.3) is 0 Å². The van der Waals surface area contributed by atoms with Crippen LogP contribution in [0, 0.1) is 5.92 Å². The van der Waals surface area contributed by atoms with E-state index in [9.17, 15) is 0 Å². The zero-order valence-electron chi connectivity index (χ0n) is 19.1. The zero-order valence-corrected chi connectivity index (χ0v) is 20.0. The summed E-state index contributed by atoms with van der Waals surface area (Å²) in [7, 11) is 0. The van der Waals surface area contributed by atoms with Gasteiger partial charge in [0.1, 0.15) is 0 Å². The van der Waals surface area contributed by atoms with Crippen molar-refractivity contribution in [3.63, 3.8) is 0 Å². The maximum atomic E-state index is 6.75. The highest BCUT2D eigenvalue weighted by atomic mass is 32.1. The largest absolute Gasteiger partial charge is 0.345 e. The van der Waals surface area contributed by atoms with Crippen LogP contribution in [0.3, 0.4) is 0 Å². The highest BCUT2D eigenvalue weighted by Gasteiger charge is 2.60. The fourth-order valence-corrected chi connectivity index (χ4v) is 5.24. The van der Waals surface area contributed by atoms with E-state index in [-0.39, 0.29) is 17.0 Å². The first-order valence-electron chi connectivity index (χ1n) is 11.1. The molecule has 0 amide bonds. The van der Waals surface area contributed by atoms with Gasteiger partial charge in [0.25, 0.3) is 0 Å². The molecule has 30 heavy (non-hydrogen) atoms. The summed E-state index contributed by atoms with van der Waals surface area (Å²) in [6, 6.07) is 20.8. The van der Waals surface area contributed by atoms with Gasteiger partial charge in [-0.15, -0.1) is 0 Å². The van der Waals surface area contributed by atoms with Gasteiger partial charge in [-0.05, 0) is 37.8 Å². The summed E-state index contributed by atoms with van der Waals surface area (Å²) in [5.74, 6) is -0.556. The molecule has 1 aliphatic heterocycles. The molecule has 4 heteroatoms. The summed E-state index contributed by atoms with van der Waals surface area (Å²) in [5.41, 5.74) is 2.04. The molecular formula is C26H37NO2S. The van der Waals surface area contributed by atoms with Crippen molar-refractivity contribution in [3.8, 4) is 0 Å². The highest BCUT2D eigenvalue weighted by molar-refractivity contribution is 7.77. The molecule has 0 aliphatic carbocycles. The van der Waals surface area contributed by atoms with Crippen molar-refractivity contribution in [2.24, 2.45) is 5.92 Å². The van der Waals surface area contributed by atoms with Gasteiger partial charge in [-0.1, -0.05) is 94.2 Å². The molecule has 164 valence electrons. The fourth-order valence-electron chi connectivity index (χ4n) is 4.72. The smallest absolute Gasteiger partial charge is 0.175 e. The minimum Gasteiger partial charge on any atom is -0.345 e. The molecule has 0 N–H and O–H groups in total. The van der Waals surface area contributed by atoms with Gasteiger partial charge in [0.05, 0.1) is 13.2 Å². The van der Waals surface area contributed by atoms with E-state index >= 15 is 0 Å². The Morgan fingerprint density at radius 3 is 1.73 bits per heavy atom. The maximum absolute atomic E-state index is 6.75. The van der Waals surface area contributed by atoms with E-state index in [4.69, 9.17) is 22.3 Å². The molecule has 3 rings (SSSR count). The van der Waals surface area contributed by atoms with E-state index in [1.54, 1.807) is 0 Å². The Hall–Kier alpha value is -1.33. The number of hydrogen-bond acceptors (Lipinski definition) is 4. The second-order valence-corrected chi connectivity index (χ2v) is 9.53. The molecule has 3 nitrogen and oxygen atoms in total. The molecule has 1 heterocycles. The lowest BCUT2D eigenvalue weighted by molar-refractivity contribution is -0.325. The van der Waals surface area contributed by atoms with Crippen LogP contribution in [0.1, 0.15) is 65.0 Å². The quantitative estimate of drug-likeness (QED) is 0.377. The Labute approximate surface area is 188 Å². The van der Waals surface area contributed by atoms with Crippen LogP contribution in [-0.2, 0) is 22.7 Å². The molecule has 2 aromatic rings. The van der Waals surface area contributed by atoms with Crippen LogP contribution in [0.5, 0.6) is 0 Å². The van der Waals surface area contributed by atoms with Crippen molar-refractivity contribution in [1.82, 2.24) is 4.31 Å². The molecular weight excluding hydrogens is 390 g/mol. The van der Waals surface area contributed by atoms with Gasteiger partial charge in [0, 0.05) is 23.4 Å². The SMILES string of the molecule is CCC1(C)CC(OCc2ccccc2)(OCc2ccccc2)C(C)C(C)(CC)N1S. The second-order valence-electron chi connectivity index (χ2n) is 9.13. The summed E-state index contributed by atoms with van der Waals surface area (Å²) >= 11 is 5.02. The summed E-state index contributed by atoms with van der Waals surface area (Å²) in [6.07, 6.45) is 2.72. The summed E-state index contributed by atoms with van der Waals surface area (Å²) in [5, 5.41) is 0. The van der Waals surface area contributed by atoms with Crippen molar-refractivity contribution in [2.45, 2.75) is 84.0 Å². The number of piperidine rings is 1. The molecule has 1 saturated heterocycles. The number of hydrogen-bond donors (Lipinski definition) is 1. The third kappa shape index (κ3) is 4.47. The number of nitrogens with zero attached hydrogens (tertiary/aromatic N) is 1. The van der Waals surface area contributed by atoms with E-state index < -0.39 is 5.79 Å². The standard InChI is InChI=1S/C26H37NO2S/c1-6-24(4)20-26(21(3)25(5,7-2)27(24)30,28-18-22-14-10-8-11-15-22)29-19-23-16-12-9-13-17-23/h8-17,21,30H,6-7,18-20H2,1-5H3. The van der Waals surface area contributed by atoms with Crippen molar-refractivity contribution in [2.75, 3.05) is 0 Å². The van der Waals surface area contributed by atoms with Gasteiger partial charge in [-0.25, -0.2) is 4.31 Å². The van der Waals surface area contributed by atoms with Gasteiger partial charge in [0.2, 0.25) is 0 Å². The predicted octanol–water partition coefficient (Wildman–Crippen LogP) is 6.64. The van der Waals surface area contributed by atoms with Gasteiger partial charge < -0.3 is 9.47 Å². The van der Waals surface area contributed by atoms with Crippen LogP contribution in [-0.4, -0.2) is 21.2 Å². The Morgan fingerprint density at radius 1 is 0.867 bits per heavy atom. The van der Waals surface area contributed by atoms with Crippen molar-refractivity contribution < 1.29 is 9.47 Å². The van der Waals surface area contributed by atoms with E-state index in [1.165, 1.54) is 0 Å². The molecule has 0 aromatic heterocycles. The summed E-state index contributed by atoms with van der Waals surface area (Å²) in [4.78, 5) is 0. The first-order valence-corrected chi connectivity index (χ1v) is 11.5. The monoisotopic (exact) mass is 427 g/mol. The molecule has 3 unspecified atom stereocenters. The number of ether oxygens (including phenoxy) is 2. The van der Waals surface area contributed by atoms with Crippen LogP contribution < -0.4 is 0 Å². The van der Waals surface area contributed by atoms with Gasteiger partial charge in [-0.3, -0.25) is 0 Å². The molecule has 2 aromatic carbocycles. The Morgan fingerprint density at radius 2 is 1.33 bits per heavy atom. The minimum atomic E-state index is -0.694. The number of thiol groups is 1. The zero-order chi connectivity index (χ0) is 21.8. The first kappa shape index (κ1) is 23.3. The first-order chi connectivity index (χ1) is 14.3. The molecule has 3 atom stereocenters. The molecule has 0 saturated carbocycles. The van der Waals surface area contributed by atoms with E-state index in [2.05, 4.69) is 87.5 Å². The number of rotatable bonds is 8. The normalized spacial score (nSPS) is 29.1. The predicted molar refractivity (Wildman–Crippen MR) is 127 cm³/mol. The van der Waals surface area contributed by atoms with Crippen molar-refractivity contribution >= 4 is 12.8 Å². The maximum Gasteiger partial charge on any atom is 0.175 e. The Kier molecular flexibility index (Phi) is 7.34. The summed E-state index contributed by atoms with van der Waals surface area (Å²) in [6.45, 7) is 12.4. The highest BCUT2D eigenvalue weighted by Crippen LogP contribution is 2.53. The van der Waals surface area contributed by atoms with Gasteiger partial charge >= 0.3 is 0 Å². The lowest BCUT2D eigenvalue weighted by Gasteiger charge is -2.62. The van der Waals surface area contributed by atoms with Crippen LogP contribution in [0.2, 0.25) is 0 Å². The van der Waals surface area contributed by atoms with Gasteiger partial charge in [-0.2, -0.15) is 0 Å². The molecule has 0 spiro atoms. The fraction of sp³-hybridized carbons (Fsp3) is 0.538. The third-order valence-electron chi connectivity index (χ3n) is 7.34. The van der Waals surface area contributed by atoms with E-state index in [0.29, 0.717) is 13.2 Å². The average Bonchev–Trinajstić information content (AvgIpc) is 2.80. The average molecular weight is 428 g/mol. The third-order valence-corrected chi connectivity index (χ3v) is 8.28. The van der Waals surface area contributed by atoms with Crippen molar-refractivity contribution in [1.29, 1.82) is 0 Å². The molecule has 1 fully saturated rings. The van der Waals surface area contributed by atoms with Crippen LogP contribution in [0.15, 0.2) is 60.7 Å². The Balaban J connectivity index is 1.96. The second kappa shape index (κ2) is 9.44. The molecule has 0 radical (unpaired) electrons. The molecule has 0 bridgehead atoms. The van der Waals surface area contributed by atoms with Crippen LogP contribution in [0.4, 0.5) is 0 Å². The number of benzene rings is 2. The van der Waals surface area contributed by atoms with Gasteiger partial charge in [0.15, 0.2) is 5.79 Å². The lowest BCUT2D eigenvalue weighted by Crippen LogP contribution is -2.69. The van der Waals surface area contributed by atoms with E-state index in [1.807, 2.05) is 12.1 Å². The van der Waals surface area contributed by atoms with Crippen molar-refractivity contribution in [3.05, 3.63) is 71.8 Å². The minimum absolute atomic E-state index is 0.131. The van der Waals surface area contributed by atoms with Crippen LogP contribution >= 0.6 is 12.8 Å². The summed E-state index contributed by atoms with van der Waals surface area (Å²) < 4.78 is 15.8. The van der Waals surface area contributed by atoms with E-state index in [0.717, 1.165) is 30.4 Å².